The Balaban J connectivity index is 1.31. The fourth-order valence-electron chi connectivity index (χ4n) is 4.29. The fraction of sp³-hybridized carbons (Fsp3) is 0.667. The first kappa shape index (κ1) is 17.0. The molecule has 3 fully saturated rings. The van der Waals surface area contributed by atoms with Gasteiger partial charge in [-0.3, -0.25) is 9.69 Å². The van der Waals surface area contributed by atoms with Crippen LogP contribution < -0.4 is 5.32 Å². The van der Waals surface area contributed by atoms with Crippen molar-refractivity contribution in [2.24, 2.45) is 11.8 Å². The number of fused-ring (bicyclic) bond motifs is 1. The lowest BCUT2D eigenvalue weighted by Gasteiger charge is -2.35. The lowest BCUT2D eigenvalue weighted by molar-refractivity contribution is -0.0581. The highest BCUT2D eigenvalue weighted by Crippen LogP contribution is 2.37. The van der Waals surface area contributed by atoms with Crippen LogP contribution in [0, 0.1) is 11.8 Å². The summed E-state index contributed by atoms with van der Waals surface area (Å²) in [7, 11) is 0. The van der Waals surface area contributed by atoms with Gasteiger partial charge in [0, 0.05) is 30.7 Å². The van der Waals surface area contributed by atoms with Crippen LogP contribution in [0.2, 0.25) is 0 Å². The van der Waals surface area contributed by atoms with Crippen molar-refractivity contribution in [3.8, 4) is 0 Å². The molecule has 3 aliphatic rings. The quantitative estimate of drug-likeness (QED) is 0.895. The summed E-state index contributed by atoms with van der Waals surface area (Å²) < 4.78 is 6.04. The van der Waals surface area contributed by atoms with Crippen LogP contribution >= 0.6 is 0 Å². The van der Waals surface area contributed by atoms with Gasteiger partial charge >= 0.3 is 0 Å². The highest BCUT2D eigenvalue weighted by Gasteiger charge is 2.42. The van der Waals surface area contributed by atoms with Gasteiger partial charge in [-0.2, -0.15) is 0 Å². The summed E-state index contributed by atoms with van der Waals surface area (Å²) in [6.07, 6.45) is 5.16. The summed E-state index contributed by atoms with van der Waals surface area (Å²) in [5.74, 6) is 1.48. The number of amides is 1. The number of benzene rings is 1. The van der Waals surface area contributed by atoms with Crippen molar-refractivity contribution in [1.29, 1.82) is 0 Å². The molecule has 1 aromatic carbocycles. The van der Waals surface area contributed by atoms with E-state index in [0.29, 0.717) is 18.1 Å². The first-order valence-electron chi connectivity index (χ1n) is 9.84. The van der Waals surface area contributed by atoms with E-state index in [1.54, 1.807) is 0 Å². The molecule has 25 heavy (non-hydrogen) atoms. The maximum absolute atomic E-state index is 12.6. The van der Waals surface area contributed by atoms with E-state index in [-0.39, 0.29) is 11.9 Å². The largest absolute Gasteiger partial charge is 0.375 e. The molecular weight excluding hydrogens is 312 g/mol. The predicted octanol–water partition coefficient (Wildman–Crippen LogP) is 2.87. The number of carbonyl (C=O) groups is 1. The van der Waals surface area contributed by atoms with Crippen LogP contribution in [0.4, 0.5) is 0 Å². The Labute approximate surface area is 150 Å². The van der Waals surface area contributed by atoms with E-state index < -0.39 is 0 Å². The monoisotopic (exact) mass is 342 g/mol. The number of ether oxygens (including phenoxy) is 1. The number of hydrogen-bond donors (Lipinski definition) is 1. The van der Waals surface area contributed by atoms with E-state index in [1.165, 1.54) is 18.4 Å². The molecule has 0 spiro atoms. The molecular formula is C21H30N2O2. The van der Waals surface area contributed by atoms with Gasteiger partial charge in [-0.05, 0) is 55.2 Å². The molecule has 0 aromatic heterocycles. The Kier molecular flexibility index (Phi) is 4.83. The molecule has 0 radical (unpaired) electrons. The average Bonchev–Trinajstić information content (AvgIpc) is 3.35. The number of nitrogens with one attached hydrogen (secondary N) is 1. The summed E-state index contributed by atoms with van der Waals surface area (Å²) >= 11 is 0. The average molecular weight is 342 g/mol. The molecule has 2 saturated heterocycles. The lowest BCUT2D eigenvalue weighted by atomic mass is 10.0. The van der Waals surface area contributed by atoms with Gasteiger partial charge in [-0.25, -0.2) is 0 Å². The van der Waals surface area contributed by atoms with Gasteiger partial charge in [0.15, 0.2) is 0 Å². The Morgan fingerprint density at radius 2 is 2.00 bits per heavy atom. The minimum Gasteiger partial charge on any atom is -0.375 e. The molecule has 1 amide bonds. The zero-order chi connectivity index (χ0) is 17.4. The zero-order valence-corrected chi connectivity index (χ0v) is 15.4. The summed E-state index contributed by atoms with van der Waals surface area (Å²) in [5.41, 5.74) is 2.07. The second kappa shape index (κ2) is 7.08. The third-order valence-electron chi connectivity index (χ3n) is 5.79. The molecule has 4 heteroatoms. The van der Waals surface area contributed by atoms with Crippen molar-refractivity contribution in [3.63, 3.8) is 0 Å². The summed E-state index contributed by atoms with van der Waals surface area (Å²) in [6, 6.07) is 8.81. The van der Waals surface area contributed by atoms with Crippen LogP contribution in [0.25, 0.3) is 0 Å². The molecule has 2 heterocycles. The maximum atomic E-state index is 12.6. The van der Waals surface area contributed by atoms with Crippen molar-refractivity contribution >= 4 is 5.91 Å². The van der Waals surface area contributed by atoms with Gasteiger partial charge in [-0.1, -0.05) is 26.0 Å². The van der Waals surface area contributed by atoms with E-state index >= 15 is 0 Å². The highest BCUT2D eigenvalue weighted by atomic mass is 16.5. The second-order valence-corrected chi connectivity index (χ2v) is 8.52. The first-order chi connectivity index (χ1) is 12.1. The number of hydrogen-bond acceptors (Lipinski definition) is 3. The smallest absolute Gasteiger partial charge is 0.251 e. The standard InChI is InChI=1S/C21H30N2O2/c1-14(2)9-15-3-5-17(6-4-15)21(24)22-18-10-19-13-25-20(16-7-8-16)12-23(19)11-18/h3-6,14,16,18-20H,7-13H2,1-2H3,(H,22,24)/t18-,19-,20+/m0/s1. The van der Waals surface area contributed by atoms with Crippen LogP contribution in [0.15, 0.2) is 24.3 Å². The van der Waals surface area contributed by atoms with E-state index in [1.807, 2.05) is 12.1 Å². The van der Waals surface area contributed by atoms with E-state index in [4.69, 9.17) is 4.74 Å². The molecule has 3 atom stereocenters. The zero-order valence-electron chi connectivity index (χ0n) is 15.4. The molecule has 2 aliphatic heterocycles. The molecule has 0 unspecified atom stereocenters. The fourth-order valence-corrected chi connectivity index (χ4v) is 4.29. The summed E-state index contributed by atoms with van der Waals surface area (Å²) in [6.45, 7) is 7.28. The number of morpholine rings is 1. The first-order valence-corrected chi connectivity index (χ1v) is 9.84. The molecule has 136 valence electrons. The molecule has 1 N–H and O–H groups in total. The summed E-state index contributed by atoms with van der Waals surface area (Å²) in [4.78, 5) is 15.1. The van der Waals surface area contributed by atoms with Crippen molar-refractivity contribution in [3.05, 3.63) is 35.4 Å². The number of carbonyl (C=O) groups excluding carboxylic acids is 1. The van der Waals surface area contributed by atoms with Gasteiger partial charge < -0.3 is 10.1 Å². The highest BCUT2D eigenvalue weighted by molar-refractivity contribution is 5.94. The third kappa shape index (κ3) is 4.06. The molecule has 1 aromatic rings. The van der Waals surface area contributed by atoms with E-state index in [9.17, 15) is 4.79 Å². The van der Waals surface area contributed by atoms with E-state index in [2.05, 4.69) is 36.2 Å². The van der Waals surface area contributed by atoms with Gasteiger partial charge in [0.2, 0.25) is 0 Å². The van der Waals surface area contributed by atoms with Gasteiger partial charge in [-0.15, -0.1) is 0 Å². The molecule has 1 saturated carbocycles. The minimum absolute atomic E-state index is 0.0561. The Hall–Kier alpha value is -1.39. The topological polar surface area (TPSA) is 41.6 Å². The molecule has 4 nitrogen and oxygen atoms in total. The van der Waals surface area contributed by atoms with Gasteiger partial charge in [0.05, 0.1) is 12.7 Å². The number of rotatable bonds is 5. The summed E-state index contributed by atoms with van der Waals surface area (Å²) in [5, 5.41) is 3.24. The van der Waals surface area contributed by atoms with Crippen LogP contribution in [0.1, 0.15) is 49.0 Å². The Morgan fingerprint density at radius 1 is 1.24 bits per heavy atom. The maximum Gasteiger partial charge on any atom is 0.251 e. The SMILES string of the molecule is CC(C)Cc1ccc(C(=O)N[C@H]2C[C@H]3CO[C@@H](C4CC4)CN3C2)cc1. The molecule has 4 rings (SSSR count). The van der Waals surface area contributed by atoms with Crippen LogP contribution in [0.5, 0.6) is 0 Å². The number of nitrogens with zero attached hydrogens (tertiary/aromatic N) is 1. The third-order valence-corrected chi connectivity index (χ3v) is 5.79. The Bertz CT molecular complexity index is 609. The van der Waals surface area contributed by atoms with Gasteiger partial charge in [0.1, 0.15) is 0 Å². The van der Waals surface area contributed by atoms with Crippen molar-refractivity contribution < 1.29 is 9.53 Å². The second-order valence-electron chi connectivity index (χ2n) is 8.52. The minimum atomic E-state index is 0.0561. The van der Waals surface area contributed by atoms with Crippen LogP contribution in [0.3, 0.4) is 0 Å². The predicted molar refractivity (Wildman–Crippen MR) is 98.7 cm³/mol. The molecule has 0 bridgehead atoms. The van der Waals surface area contributed by atoms with Crippen LogP contribution in [-0.4, -0.2) is 48.7 Å². The van der Waals surface area contributed by atoms with Crippen LogP contribution in [-0.2, 0) is 11.2 Å². The lowest BCUT2D eigenvalue weighted by Crippen LogP contribution is -2.47. The van der Waals surface area contributed by atoms with Gasteiger partial charge in [0.25, 0.3) is 5.91 Å². The van der Waals surface area contributed by atoms with Crippen molar-refractivity contribution in [2.45, 2.75) is 57.7 Å². The van der Waals surface area contributed by atoms with E-state index in [0.717, 1.165) is 44.0 Å². The van der Waals surface area contributed by atoms with Crippen molar-refractivity contribution in [1.82, 2.24) is 10.2 Å². The Morgan fingerprint density at radius 3 is 2.68 bits per heavy atom. The molecule has 1 aliphatic carbocycles. The van der Waals surface area contributed by atoms with Crippen molar-refractivity contribution in [2.75, 3.05) is 19.7 Å². The normalized spacial score (nSPS) is 29.6.